The number of anilines is 2. The molecule has 2 aromatic carbocycles. The molecule has 2 heteroatoms. The van der Waals surface area contributed by atoms with Gasteiger partial charge in [0.15, 0.2) is 0 Å². The van der Waals surface area contributed by atoms with Crippen molar-refractivity contribution in [1.29, 1.82) is 0 Å². The highest BCUT2D eigenvalue weighted by Gasteiger charge is 2.29. The molecule has 0 saturated carbocycles. The average molecular weight is 392 g/mol. The Morgan fingerprint density at radius 2 is 1.72 bits per heavy atom. The van der Waals surface area contributed by atoms with E-state index in [0.717, 1.165) is 24.9 Å². The fourth-order valence-electron chi connectivity index (χ4n) is 4.33. The zero-order chi connectivity index (χ0) is 21.2. The first-order valence-electron chi connectivity index (χ1n) is 10.8. The van der Waals surface area contributed by atoms with E-state index in [0.29, 0.717) is 11.6 Å². The van der Waals surface area contributed by atoms with Gasteiger partial charge >= 0.3 is 0 Å². The van der Waals surface area contributed by atoms with Crippen molar-refractivity contribution < 1.29 is 4.39 Å². The lowest BCUT2D eigenvalue weighted by Gasteiger charge is -2.34. The number of allylic oxidation sites excluding steroid dienone is 4. The number of hydrogen-bond donors (Lipinski definition) is 1. The average Bonchev–Trinajstić information content (AvgIpc) is 2.69. The van der Waals surface area contributed by atoms with E-state index in [1.807, 2.05) is 12.1 Å². The van der Waals surface area contributed by atoms with Gasteiger partial charge in [-0.1, -0.05) is 65.0 Å². The van der Waals surface area contributed by atoms with Gasteiger partial charge in [-0.15, -0.1) is 0 Å². The van der Waals surface area contributed by atoms with E-state index in [1.54, 1.807) is 12.1 Å². The van der Waals surface area contributed by atoms with Crippen molar-refractivity contribution in [2.45, 2.75) is 60.8 Å². The van der Waals surface area contributed by atoms with Crippen molar-refractivity contribution in [2.75, 3.05) is 5.32 Å². The molecule has 1 aliphatic carbocycles. The second-order valence-electron chi connectivity index (χ2n) is 9.19. The molecule has 1 atom stereocenters. The molecule has 0 spiro atoms. The maximum absolute atomic E-state index is 14.2. The highest BCUT2D eigenvalue weighted by atomic mass is 19.1. The Balaban J connectivity index is 2.12. The van der Waals surface area contributed by atoms with E-state index < -0.39 is 0 Å². The predicted molar refractivity (Wildman–Crippen MR) is 124 cm³/mol. The van der Waals surface area contributed by atoms with Crippen LogP contribution in [0.4, 0.5) is 15.8 Å². The summed E-state index contributed by atoms with van der Waals surface area (Å²) in [7, 11) is 0. The van der Waals surface area contributed by atoms with Crippen molar-refractivity contribution in [3.63, 3.8) is 0 Å². The lowest BCUT2D eigenvalue weighted by molar-refractivity contribution is 0.485. The highest BCUT2D eigenvalue weighted by molar-refractivity contribution is 5.80. The normalized spacial score (nSPS) is 15.9. The summed E-state index contributed by atoms with van der Waals surface area (Å²) in [5, 5.41) is 3.31. The van der Waals surface area contributed by atoms with Gasteiger partial charge in [0, 0.05) is 5.69 Å². The monoisotopic (exact) mass is 391 g/mol. The standard InChI is InChI=1S/C27H34FN/c1-7-18(2)26-21(13-10-14-22(26)27(4,5)6)20-12-11-17-24(19(20)3)29-25-16-9-8-15-23(25)28/h8-9,11-12,14-18,29H,7,10,13H2,1-6H3. The lowest BCUT2D eigenvalue weighted by atomic mass is 9.70. The van der Waals surface area contributed by atoms with Crippen LogP contribution in [0, 0.1) is 24.1 Å². The SMILES string of the molecule is CCC(C)C1=C(c2cccc(Nc3ccccc3F)c2C)CCC=C1C(C)(C)C. The van der Waals surface area contributed by atoms with Crippen LogP contribution in [0.25, 0.3) is 5.57 Å². The molecule has 0 bridgehead atoms. The molecule has 0 fully saturated rings. The quantitative estimate of drug-likeness (QED) is 0.539. The van der Waals surface area contributed by atoms with Crippen molar-refractivity contribution in [3.8, 4) is 0 Å². The van der Waals surface area contributed by atoms with Gasteiger partial charge in [-0.05, 0) is 83.6 Å². The zero-order valence-electron chi connectivity index (χ0n) is 18.7. The molecule has 2 aromatic rings. The Hall–Kier alpha value is -2.35. The van der Waals surface area contributed by atoms with Gasteiger partial charge in [0.05, 0.1) is 5.69 Å². The summed E-state index contributed by atoms with van der Waals surface area (Å²) in [5.41, 5.74) is 8.54. The van der Waals surface area contributed by atoms with E-state index in [-0.39, 0.29) is 11.2 Å². The van der Waals surface area contributed by atoms with Crippen molar-refractivity contribution in [2.24, 2.45) is 11.3 Å². The van der Waals surface area contributed by atoms with Gasteiger partial charge in [-0.25, -0.2) is 4.39 Å². The molecule has 1 N–H and O–H groups in total. The van der Waals surface area contributed by atoms with Crippen LogP contribution in [0.5, 0.6) is 0 Å². The molecule has 29 heavy (non-hydrogen) atoms. The van der Waals surface area contributed by atoms with Crippen molar-refractivity contribution in [3.05, 3.63) is 76.6 Å². The number of rotatable bonds is 5. The molecule has 0 radical (unpaired) electrons. The molecule has 0 amide bonds. The van der Waals surface area contributed by atoms with Gasteiger partial charge in [0.1, 0.15) is 5.82 Å². The van der Waals surface area contributed by atoms with Crippen LogP contribution in [-0.2, 0) is 0 Å². The lowest BCUT2D eigenvalue weighted by Crippen LogP contribution is -2.19. The third-order valence-corrected chi connectivity index (χ3v) is 6.07. The van der Waals surface area contributed by atoms with E-state index in [4.69, 9.17) is 0 Å². The molecule has 1 unspecified atom stereocenters. The summed E-state index contributed by atoms with van der Waals surface area (Å²) < 4.78 is 14.2. The first-order chi connectivity index (χ1) is 13.7. The summed E-state index contributed by atoms with van der Waals surface area (Å²) in [6.45, 7) is 13.7. The molecular formula is C27H34FN. The molecule has 3 rings (SSSR count). The molecule has 1 nitrogen and oxygen atoms in total. The molecule has 0 saturated heterocycles. The highest BCUT2D eigenvalue weighted by Crippen LogP contribution is 2.45. The summed E-state index contributed by atoms with van der Waals surface area (Å²) in [5.74, 6) is 0.283. The number of benzene rings is 2. The number of halogens is 1. The maximum atomic E-state index is 14.2. The van der Waals surface area contributed by atoms with Crippen LogP contribution in [0.15, 0.2) is 59.7 Å². The largest absolute Gasteiger partial charge is 0.353 e. The first-order valence-corrected chi connectivity index (χ1v) is 10.8. The molecule has 0 aromatic heterocycles. The number of nitrogens with one attached hydrogen (secondary N) is 1. The van der Waals surface area contributed by atoms with Gasteiger partial charge < -0.3 is 5.32 Å². The zero-order valence-corrected chi connectivity index (χ0v) is 18.7. The predicted octanol–water partition coefficient (Wildman–Crippen LogP) is 8.44. The van der Waals surface area contributed by atoms with Crippen LogP contribution in [0.3, 0.4) is 0 Å². The second kappa shape index (κ2) is 8.57. The van der Waals surface area contributed by atoms with Crippen LogP contribution in [-0.4, -0.2) is 0 Å². The maximum Gasteiger partial charge on any atom is 0.146 e. The summed E-state index contributed by atoms with van der Waals surface area (Å²) in [4.78, 5) is 0. The topological polar surface area (TPSA) is 12.0 Å². The van der Waals surface area contributed by atoms with Crippen LogP contribution >= 0.6 is 0 Å². The van der Waals surface area contributed by atoms with Gasteiger partial charge in [-0.3, -0.25) is 0 Å². The minimum absolute atomic E-state index is 0.126. The fourth-order valence-corrected chi connectivity index (χ4v) is 4.33. The minimum atomic E-state index is -0.229. The van der Waals surface area contributed by atoms with Gasteiger partial charge in [-0.2, -0.15) is 0 Å². The Kier molecular flexibility index (Phi) is 6.31. The van der Waals surface area contributed by atoms with E-state index in [1.165, 1.54) is 33.9 Å². The van der Waals surface area contributed by atoms with Crippen molar-refractivity contribution in [1.82, 2.24) is 0 Å². The summed E-state index contributed by atoms with van der Waals surface area (Å²) in [6.07, 6.45) is 5.70. The van der Waals surface area contributed by atoms with E-state index in [9.17, 15) is 4.39 Å². The van der Waals surface area contributed by atoms with Gasteiger partial charge in [0.2, 0.25) is 0 Å². The molecule has 0 heterocycles. The summed E-state index contributed by atoms with van der Waals surface area (Å²) >= 11 is 0. The van der Waals surface area contributed by atoms with Crippen LogP contribution < -0.4 is 5.32 Å². The van der Waals surface area contributed by atoms with E-state index in [2.05, 4.69) is 65.1 Å². The molecule has 154 valence electrons. The second-order valence-corrected chi connectivity index (χ2v) is 9.19. The van der Waals surface area contributed by atoms with Crippen LogP contribution in [0.1, 0.15) is 65.0 Å². The Bertz CT molecular complexity index is 943. The Labute approximate surface area is 175 Å². The number of hydrogen-bond acceptors (Lipinski definition) is 1. The molecular weight excluding hydrogens is 357 g/mol. The molecule has 0 aliphatic heterocycles. The summed E-state index contributed by atoms with van der Waals surface area (Å²) in [6, 6.07) is 13.2. The Morgan fingerprint density at radius 3 is 2.38 bits per heavy atom. The molecule has 1 aliphatic rings. The van der Waals surface area contributed by atoms with E-state index >= 15 is 0 Å². The minimum Gasteiger partial charge on any atom is -0.353 e. The third-order valence-electron chi connectivity index (χ3n) is 6.07. The Morgan fingerprint density at radius 1 is 1.03 bits per heavy atom. The van der Waals surface area contributed by atoms with Crippen LogP contribution in [0.2, 0.25) is 0 Å². The van der Waals surface area contributed by atoms with Gasteiger partial charge in [0.25, 0.3) is 0 Å². The first kappa shape index (κ1) is 21.4. The smallest absolute Gasteiger partial charge is 0.146 e. The number of para-hydroxylation sites is 1. The van der Waals surface area contributed by atoms with Crippen molar-refractivity contribution >= 4 is 16.9 Å². The fraction of sp³-hybridized carbons (Fsp3) is 0.407. The third kappa shape index (κ3) is 4.47.